The zero-order valence-electron chi connectivity index (χ0n) is 7.72. The molecule has 0 aromatic heterocycles. The fourth-order valence-corrected chi connectivity index (χ4v) is 1.21. The molecular formula is C8H10O5S. The number of rotatable bonds is 4. The maximum atomic E-state index is 10.4. The third kappa shape index (κ3) is 2.61. The average Bonchev–Trinajstić information content (AvgIpc) is 2.17. The quantitative estimate of drug-likeness (QED) is 0.770. The maximum absolute atomic E-state index is 10.4. The first-order valence-corrected chi connectivity index (χ1v) is 4.71. The van der Waals surface area contributed by atoms with Crippen LogP contribution < -0.4 is 13.7 Å². The van der Waals surface area contributed by atoms with Crippen molar-refractivity contribution in [3.05, 3.63) is 18.2 Å². The first-order valence-electron chi connectivity index (χ1n) is 3.68. The lowest BCUT2D eigenvalue weighted by atomic mass is 10.3. The van der Waals surface area contributed by atoms with E-state index in [1.807, 2.05) is 0 Å². The molecule has 1 aromatic rings. The Hall–Kier alpha value is -1.27. The van der Waals surface area contributed by atoms with Gasteiger partial charge in [0.2, 0.25) is 0 Å². The molecule has 0 amide bonds. The summed E-state index contributed by atoms with van der Waals surface area (Å²) in [6, 6.07) is 4.65. The van der Waals surface area contributed by atoms with Crippen LogP contribution in [-0.4, -0.2) is 23.0 Å². The molecule has 0 heterocycles. The van der Waals surface area contributed by atoms with Gasteiger partial charge in [0.25, 0.3) is 0 Å². The molecule has 0 fully saturated rings. The van der Waals surface area contributed by atoms with E-state index in [9.17, 15) is 4.21 Å². The summed E-state index contributed by atoms with van der Waals surface area (Å²) in [7, 11) is 2.95. The molecule has 5 nitrogen and oxygen atoms in total. The van der Waals surface area contributed by atoms with E-state index in [4.69, 9.17) is 14.0 Å². The third-order valence-electron chi connectivity index (χ3n) is 1.53. The van der Waals surface area contributed by atoms with Gasteiger partial charge >= 0.3 is 11.4 Å². The van der Waals surface area contributed by atoms with Gasteiger partial charge in [0.1, 0.15) is 5.75 Å². The predicted molar refractivity (Wildman–Crippen MR) is 50.9 cm³/mol. The smallest absolute Gasteiger partial charge is 0.357 e. The minimum absolute atomic E-state index is 0.189. The van der Waals surface area contributed by atoms with Crippen LogP contribution in [0.25, 0.3) is 0 Å². The van der Waals surface area contributed by atoms with Gasteiger partial charge in [-0.15, -0.1) is 0 Å². The lowest BCUT2D eigenvalue weighted by molar-refractivity contribution is 0.375. The minimum Gasteiger partial charge on any atom is -0.497 e. The van der Waals surface area contributed by atoms with E-state index >= 15 is 0 Å². The Kier molecular flexibility index (Phi) is 3.73. The van der Waals surface area contributed by atoms with Crippen LogP contribution in [0, 0.1) is 0 Å². The fraction of sp³-hybridized carbons (Fsp3) is 0.250. The van der Waals surface area contributed by atoms with E-state index in [1.165, 1.54) is 20.3 Å². The summed E-state index contributed by atoms with van der Waals surface area (Å²) in [5.74, 6) is 1.11. The van der Waals surface area contributed by atoms with Crippen LogP contribution in [0.5, 0.6) is 17.2 Å². The molecule has 14 heavy (non-hydrogen) atoms. The summed E-state index contributed by atoms with van der Waals surface area (Å²) in [5, 5.41) is 0. The second-order valence-electron chi connectivity index (χ2n) is 2.32. The van der Waals surface area contributed by atoms with E-state index in [0.29, 0.717) is 11.5 Å². The summed E-state index contributed by atoms with van der Waals surface area (Å²) < 4.78 is 33.4. The third-order valence-corrected chi connectivity index (χ3v) is 1.85. The van der Waals surface area contributed by atoms with Gasteiger partial charge in [-0.25, -0.2) is 0 Å². The van der Waals surface area contributed by atoms with Crippen LogP contribution in [0.2, 0.25) is 0 Å². The molecular weight excluding hydrogens is 208 g/mol. The Morgan fingerprint density at radius 1 is 1.21 bits per heavy atom. The van der Waals surface area contributed by atoms with Gasteiger partial charge in [-0.1, -0.05) is 0 Å². The minimum atomic E-state index is -2.36. The summed E-state index contributed by atoms with van der Waals surface area (Å²) in [6.45, 7) is 0. The Morgan fingerprint density at radius 3 is 2.43 bits per heavy atom. The molecule has 0 aliphatic carbocycles. The van der Waals surface area contributed by atoms with E-state index < -0.39 is 11.4 Å². The van der Waals surface area contributed by atoms with Crippen LogP contribution >= 0.6 is 0 Å². The van der Waals surface area contributed by atoms with Gasteiger partial charge in [-0.2, -0.15) is 4.21 Å². The normalized spacial score (nSPS) is 11.9. The first-order chi connectivity index (χ1) is 6.67. The van der Waals surface area contributed by atoms with Gasteiger partial charge in [0.05, 0.1) is 14.2 Å². The molecule has 1 unspecified atom stereocenters. The van der Waals surface area contributed by atoms with Gasteiger partial charge in [-0.3, -0.25) is 4.55 Å². The van der Waals surface area contributed by atoms with Crippen molar-refractivity contribution < 1.29 is 22.4 Å². The topological polar surface area (TPSA) is 65.0 Å². The molecule has 0 saturated heterocycles. The molecule has 6 heteroatoms. The van der Waals surface area contributed by atoms with E-state index in [-0.39, 0.29) is 5.75 Å². The molecule has 0 radical (unpaired) electrons. The number of methoxy groups -OCH3 is 2. The van der Waals surface area contributed by atoms with Crippen molar-refractivity contribution in [3.63, 3.8) is 0 Å². The van der Waals surface area contributed by atoms with E-state index in [2.05, 4.69) is 4.18 Å². The lowest BCUT2D eigenvalue weighted by Gasteiger charge is -2.08. The van der Waals surface area contributed by atoms with Crippen LogP contribution in [0.3, 0.4) is 0 Å². The molecule has 1 N–H and O–H groups in total. The monoisotopic (exact) mass is 218 g/mol. The summed E-state index contributed by atoms with van der Waals surface area (Å²) >= 11 is -2.36. The van der Waals surface area contributed by atoms with E-state index in [0.717, 1.165) is 0 Å². The zero-order chi connectivity index (χ0) is 10.6. The van der Waals surface area contributed by atoms with Crippen molar-refractivity contribution in [2.75, 3.05) is 14.2 Å². The predicted octanol–water partition coefficient (Wildman–Crippen LogP) is 1.22. The van der Waals surface area contributed by atoms with Crippen LogP contribution in [0.15, 0.2) is 18.2 Å². The Balaban J connectivity index is 2.98. The van der Waals surface area contributed by atoms with Crippen LogP contribution in [0.4, 0.5) is 0 Å². The lowest BCUT2D eigenvalue weighted by Crippen LogP contribution is -1.99. The van der Waals surface area contributed by atoms with Crippen LogP contribution in [-0.2, 0) is 11.4 Å². The highest BCUT2D eigenvalue weighted by Crippen LogP contribution is 2.31. The molecule has 78 valence electrons. The molecule has 0 saturated carbocycles. The summed E-state index contributed by atoms with van der Waals surface area (Å²) in [4.78, 5) is 0. The van der Waals surface area contributed by atoms with Crippen LogP contribution in [0.1, 0.15) is 0 Å². The Bertz CT molecular complexity index is 339. The standard InChI is InChI=1S/C8H10O5S/c1-11-6-3-4-7(13-14(9)10)8(5-6)12-2/h3-5H,1-2H3,(H,9,10). The number of benzene rings is 1. The van der Waals surface area contributed by atoms with Gasteiger partial charge in [0.15, 0.2) is 11.5 Å². The van der Waals surface area contributed by atoms with Gasteiger partial charge in [0, 0.05) is 6.07 Å². The molecule has 1 aromatic carbocycles. The second-order valence-corrected chi connectivity index (χ2v) is 2.92. The highest BCUT2D eigenvalue weighted by atomic mass is 32.2. The second kappa shape index (κ2) is 4.83. The maximum Gasteiger partial charge on any atom is 0.357 e. The Morgan fingerprint density at radius 2 is 1.93 bits per heavy atom. The van der Waals surface area contributed by atoms with Crippen molar-refractivity contribution >= 4 is 11.4 Å². The molecule has 0 spiro atoms. The Labute approximate surface area is 84.1 Å². The molecule has 1 atom stereocenters. The van der Waals surface area contributed by atoms with Gasteiger partial charge < -0.3 is 13.7 Å². The summed E-state index contributed by atoms with van der Waals surface area (Å²) in [5.41, 5.74) is 0. The highest BCUT2D eigenvalue weighted by Gasteiger charge is 2.08. The van der Waals surface area contributed by atoms with E-state index in [1.54, 1.807) is 12.1 Å². The van der Waals surface area contributed by atoms with Crippen molar-refractivity contribution in [1.82, 2.24) is 0 Å². The zero-order valence-corrected chi connectivity index (χ0v) is 8.54. The van der Waals surface area contributed by atoms with Crippen molar-refractivity contribution in [2.24, 2.45) is 0 Å². The first kappa shape index (κ1) is 10.8. The van der Waals surface area contributed by atoms with Crippen molar-refractivity contribution in [1.29, 1.82) is 0 Å². The number of hydrogen-bond donors (Lipinski definition) is 1. The number of hydrogen-bond acceptors (Lipinski definition) is 4. The average molecular weight is 218 g/mol. The largest absolute Gasteiger partial charge is 0.497 e. The van der Waals surface area contributed by atoms with Crippen molar-refractivity contribution in [3.8, 4) is 17.2 Å². The molecule has 0 aliphatic rings. The van der Waals surface area contributed by atoms with Gasteiger partial charge in [-0.05, 0) is 12.1 Å². The fourth-order valence-electron chi connectivity index (χ4n) is 0.921. The molecule has 0 bridgehead atoms. The molecule has 1 rings (SSSR count). The SMILES string of the molecule is COc1ccc(OS(=O)O)c(OC)c1. The highest BCUT2D eigenvalue weighted by molar-refractivity contribution is 7.74. The van der Waals surface area contributed by atoms with Crippen molar-refractivity contribution in [2.45, 2.75) is 0 Å². The molecule has 0 aliphatic heterocycles. The summed E-state index contributed by atoms with van der Waals surface area (Å²) in [6.07, 6.45) is 0. The number of ether oxygens (including phenoxy) is 2.